The van der Waals surface area contributed by atoms with Crippen molar-refractivity contribution in [1.82, 2.24) is 0 Å². The predicted molar refractivity (Wildman–Crippen MR) is 100 cm³/mol. The summed E-state index contributed by atoms with van der Waals surface area (Å²) in [6, 6.07) is 13.0. The zero-order valence-corrected chi connectivity index (χ0v) is 14.4. The molecule has 1 fully saturated rings. The standard InChI is InChI=1S/C16H9ClN2O3S2/c17-12-6-1-2-7-13(12)18-15(20)14(24-16(18)23)9-10-4-3-5-11(8-10)19(21)22/h1-9H/b14-9-. The topological polar surface area (TPSA) is 63.4 Å². The lowest BCUT2D eigenvalue weighted by atomic mass is 10.2. The van der Waals surface area contributed by atoms with E-state index in [1.807, 2.05) is 0 Å². The van der Waals surface area contributed by atoms with Crippen molar-refractivity contribution < 1.29 is 9.72 Å². The van der Waals surface area contributed by atoms with Crippen molar-refractivity contribution in [2.24, 2.45) is 0 Å². The van der Waals surface area contributed by atoms with Crippen LogP contribution in [-0.2, 0) is 4.79 Å². The number of non-ortho nitro benzene ring substituents is 1. The van der Waals surface area contributed by atoms with Crippen LogP contribution < -0.4 is 4.90 Å². The molecule has 0 atom stereocenters. The van der Waals surface area contributed by atoms with Gasteiger partial charge in [-0.2, -0.15) is 0 Å². The fourth-order valence-corrected chi connectivity index (χ4v) is 3.69. The van der Waals surface area contributed by atoms with E-state index in [1.165, 1.54) is 17.0 Å². The van der Waals surface area contributed by atoms with Gasteiger partial charge < -0.3 is 0 Å². The van der Waals surface area contributed by atoms with E-state index in [0.717, 1.165) is 11.8 Å². The maximum absolute atomic E-state index is 12.6. The summed E-state index contributed by atoms with van der Waals surface area (Å²) >= 11 is 12.6. The Balaban J connectivity index is 1.96. The molecule has 0 saturated carbocycles. The average Bonchev–Trinajstić information content (AvgIpc) is 2.82. The number of thiocarbonyl (C=S) groups is 1. The molecule has 2 aromatic rings. The number of nitro benzene ring substituents is 1. The number of thioether (sulfide) groups is 1. The molecule has 0 aliphatic carbocycles. The first kappa shape index (κ1) is 16.6. The first-order chi connectivity index (χ1) is 11.5. The lowest BCUT2D eigenvalue weighted by Gasteiger charge is -2.15. The molecule has 120 valence electrons. The maximum Gasteiger partial charge on any atom is 0.270 e. The molecule has 0 radical (unpaired) electrons. The number of carbonyl (C=O) groups is 1. The molecular weight excluding hydrogens is 368 g/mol. The maximum atomic E-state index is 12.6. The number of nitrogens with zero attached hydrogens (tertiary/aromatic N) is 2. The number of halogens is 1. The van der Waals surface area contributed by atoms with E-state index >= 15 is 0 Å². The molecule has 1 amide bonds. The van der Waals surface area contributed by atoms with E-state index in [2.05, 4.69) is 0 Å². The molecule has 5 nitrogen and oxygen atoms in total. The second kappa shape index (κ2) is 6.72. The van der Waals surface area contributed by atoms with Gasteiger partial charge in [0.05, 0.1) is 20.5 Å². The Morgan fingerprint density at radius 1 is 1.21 bits per heavy atom. The summed E-state index contributed by atoms with van der Waals surface area (Å²) < 4.78 is 0.366. The highest BCUT2D eigenvalue weighted by Gasteiger charge is 2.34. The lowest BCUT2D eigenvalue weighted by molar-refractivity contribution is -0.384. The van der Waals surface area contributed by atoms with Crippen molar-refractivity contribution in [3.05, 3.63) is 74.1 Å². The Labute approximate surface area is 152 Å². The first-order valence-electron chi connectivity index (χ1n) is 6.74. The van der Waals surface area contributed by atoms with Gasteiger partial charge in [-0.25, -0.2) is 0 Å². The van der Waals surface area contributed by atoms with Crippen LogP contribution in [0.5, 0.6) is 0 Å². The van der Waals surface area contributed by atoms with Crippen LogP contribution in [0.1, 0.15) is 5.56 Å². The summed E-state index contributed by atoms with van der Waals surface area (Å²) in [6.07, 6.45) is 1.59. The molecule has 0 N–H and O–H groups in total. The van der Waals surface area contributed by atoms with E-state index in [4.69, 9.17) is 23.8 Å². The molecule has 0 unspecified atom stereocenters. The molecule has 8 heteroatoms. The molecule has 1 saturated heterocycles. The highest BCUT2D eigenvalue weighted by Crippen LogP contribution is 2.38. The van der Waals surface area contributed by atoms with Crippen LogP contribution >= 0.6 is 35.6 Å². The van der Waals surface area contributed by atoms with E-state index in [-0.39, 0.29) is 11.6 Å². The zero-order chi connectivity index (χ0) is 17.3. The summed E-state index contributed by atoms with van der Waals surface area (Å²) in [5, 5.41) is 11.3. The molecule has 0 bridgehead atoms. The Kier molecular flexibility index (Phi) is 4.66. The molecule has 24 heavy (non-hydrogen) atoms. The number of anilines is 1. The number of carbonyl (C=O) groups excluding carboxylic acids is 1. The second-order valence-electron chi connectivity index (χ2n) is 4.82. The summed E-state index contributed by atoms with van der Waals surface area (Å²) in [5.74, 6) is -0.301. The largest absolute Gasteiger partial charge is 0.270 e. The van der Waals surface area contributed by atoms with Crippen LogP contribution in [-0.4, -0.2) is 15.2 Å². The third-order valence-corrected chi connectivity index (χ3v) is 4.89. The molecular formula is C16H9ClN2O3S2. The van der Waals surface area contributed by atoms with Gasteiger partial charge in [0.25, 0.3) is 11.6 Å². The molecule has 1 aliphatic rings. The SMILES string of the molecule is O=C1/C(=C/c2cccc([N+](=O)[O-])c2)SC(=S)N1c1ccccc1Cl. The minimum atomic E-state index is -0.480. The number of hydrogen-bond acceptors (Lipinski definition) is 5. The van der Waals surface area contributed by atoms with Crippen molar-refractivity contribution in [2.75, 3.05) is 4.90 Å². The highest BCUT2D eigenvalue weighted by molar-refractivity contribution is 8.27. The highest BCUT2D eigenvalue weighted by atomic mass is 35.5. The quantitative estimate of drug-likeness (QED) is 0.337. The third kappa shape index (κ3) is 3.19. The molecule has 2 aromatic carbocycles. The van der Waals surface area contributed by atoms with Gasteiger partial charge in [0.1, 0.15) is 0 Å². The number of para-hydroxylation sites is 1. The van der Waals surface area contributed by atoms with E-state index in [9.17, 15) is 14.9 Å². The third-order valence-electron chi connectivity index (χ3n) is 3.27. The first-order valence-corrected chi connectivity index (χ1v) is 8.34. The van der Waals surface area contributed by atoms with Crippen molar-refractivity contribution in [3.63, 3.8) is 0 Å². The van der Waals surface area contributed by atoms with E-state index < -0.39 is 4.92 Å². The average molecular weight is 377 g/mol. The smallest absolute Gasteiger partial charge is 0.268 e. The normalized spacial score (nSPS) is 16.0. The number of nitro groups is 1. The summed E-state index contributed by atoms with van der Waals surface area (Å²) in [4.78, 5) is 24.8. The fraction of sp³-hybridized carbons (Fsp3) is 0. The molecule has 3 rings (SSSR count). The van der Waals surface area contributed by atoms with Crippen LogP contribution in [0.3, 0.4) is 0 Å². The number of amides is 1. The van der Waals surface area contributed by atoms with Gasteiger partial charge >= 0.3 is 0 Å². The number of rotatable bonds is 3. The van der Waals surface area contributed by atoms with Gasteiger partial charge in [-0.1, -0.05) is 59.8 Å². The number of hydrogen-bond donors (Lipinski definition) is 0. The van der Waals surface area contributed by atoms with Gasteiger partial charge in [0.15, 0.2) is 4.32 Å². The van der Waals surface area contributed by atoms with Gasteiger partial charge in [0.2, 0.25) is 0 Å². The fourth-order valence-electron chi connectivity index (χ4n) is 2.19. The molecule has 1 aliphatic heterocycles. The molecule has 1 heterocycles. The summed E-state index contributed by atoms with van der Waals surface area (Å²) in [6.45, 7) is 0. The van der Waals surface area contributed by atoms with Crippen molar-refractivity contribution in [1.29, 1.82) is 0 Å². The minimum absolute atomic E-state index is 0.0367. The minimum Gasteiger partial charge on any atom is -0.268 e. The van der Waals surface area contributed by atoms with E-state index in [0.29, 0.717) is 25.5 Å². The van der Waals surface area contributed by atoms with Crippen LogP contribution in [0, 0.1) is 10.1 Å². The van der Waals surface area contributed by atoms with Gasteiger partial charge in [-0.3, -0.25) is 19.8 Å². The Morgan fingerprint density at radius 2 is 1.96 bits per heavy atom. The van der Waals surface area contributed by atoms with Crippen LogP contribution in [0.2, 0.25) is 5.02 Å². The molecule has 0 aromatic heterocycles. The van der Waals surface area contributed by atoms with Crippen LogP contribution in [0.4, 0.5) is 11.4 Å². The van der Waals surface area contributed by atoms with Crippen LogP contribution in [0.15, 0.2) is 53.4 Å². The van der Waals surface area contributed by atoms with Crippen molar-refractivity contribution in [3.8, 4) is 0 Å². The second-order valence-corrected chi connectivity index (χ2v) is 6.90. The van der Waals surface area contributed by atoms with Crippen molar-refractivity contribution in [2.45, 2.75) is 0 Å². The monoisotopic (exact) mass is 376 g/mol. The number of benzene rings is 2. The Morgan fingerprint density at radius 3 is 2.67 bits per heavy atom. The van der Waals surface area contributed by atoms with E-state index in [1.54, 1.807) is 42.5 Å². The Bertz CT molecular complexity index is 898. The zero-order valence-electron chi connectivity index (χ0n) is 12.0. The lowest BCUT2D eigenvalue weighted by Crippen LogP contribution is -2.27. The predicted octanol–water partition coefficient (Wildman–Crippen LogP) is 4.65. The summed E-state index contributed by atoms with van der Waals surface area (Å²) in [7, 11) is 0. The van der Waals surface area contributed by atoms with Gasteiger partial charge in [0, 0.05) is 12.1 Å². The van der Waals surface area contributed by atoms with Crippen molar-refractivity contribution >= 4 is 63.3 Å². The van der Waals surface area contributed by atoms with Gasteiger partial charge in [-0.05, 0) is 23.8 Å². The summed E-state index contributed by atoms with van der Waals surface area (Å²) in [5.41, 5.74) is 1.04. The van der Waals surface area contributed by atoms with Gasteiger partial charge in [-0.15, -0.1) is 0 Å². The Hall–Kier alpha value is -2.22. The van der Waals surface area contributed by atoms with Crippen LogP contribution in [0.25, 0.3) is 6.08 Å². The molecule has 0 spiro atoms.